The Morgan fingerprint density at radius 3 is 2.32 bits per heavy atom. The lowest BCUT2D eigenvalue weighted by Crippen LogP contribution is -2.42. The van der Waals surface area contributed by atoms with Crippen molar-refractivity contribution >= 4 is 49.7 Å². The smallest absolute Gasteiger partial charge is 0.326 e. The molecule has 1 aromatic rings. The molecule has 0 unspecified atom stereocenters. The number of rotatable bonds is 5. The fourth-order valence-electron chi connectivity index (χ4n) is 1.28. The molecule has 1 aromatic carbocycles. The maximum atomic E-state index is 11.9. The topological polar surface area (TPSA) is 104 Å². The Hall–Kier alpha value is -1.41. The molecule has 1 amide bonds. The summed E-state index contributed by atoms with van der Waals surface area (Å²) in [6.07, 6.45) is -0.685. The molecule has 8 heteroatoms. The summed E-state index contributed by atoms with van der Waals surface area (Å²) in [6, 6.07) is 3.26. The van der Waals surface area contributed by atoms with E-state index >= 15 is 0 Å². The minimum Gasteiger partial charge on any atom is -0.481 e. The Morgan fingerprint density at radius 2 is 1.84 bits per heavy atom. The van der Waals surface area contributed by atoms with Gasteiger partial charge in [0.1, 0.15) is 6.04 Å². The maximum Gasteiger partial charge on any atom is 0.326 e. The van der Waals surface area contributed by atoms with Crippen molar-refractivity contribution < 1.29 is 24.6 Å². The molecule has 0 heterocycles. The number of halogens is 2. The predicted molar refractivity (Wildman–Crippen MR) is 73.0 cm³/mol. The van der Waals surface area contributed by atoms with E-state index < -0.39 is 30.3 Å². The fourth-order valence-corrected chi connectivity index (χ4v) is 2.51. The van der Waals surface area contributed by atoms with Crippen LogP contribution in [0.5, 0.6) is 0 Å². The average molecular weight is 395 g/mol. The highest BCUT2D eigenvalue weighted by Gasteiger charge is 2.24. The molecule has 1 rings (SSSR count). The zero-order chi connectivity index (χ0) is 14.6. The van der Waals surface area contributed by atoms with E-state index in [4.69, 9.17) is 10.2 Å². The van der Waals surface area contributed by atoms with Crippen molar-refractivity contribution in [1.29, 1.82) is 0 Å². The summed E-state index contributed by atoms with van der Waals surface area (Å²) >= 11 is 6.39. The third-order valence-electron chi connectivity index (χ3n) is 2.16. The lowest BCUT2D eigenvalue weighted by molar-refractivity contribution is -0.145. The van der Waals surface area contributed by atoms with Crippen LogP contribution in [0.4, 0.5) is 0 Å². The van der Waals surface area contributed by atoms with Crippen LogP contribution < -0.4 is 5.32 Å². The van der Waals surface area contributed by atoms with Crippen LogP contribution in [0, 0.1) is 0 Å². The molecule has 0 saturated carbocycles. The number of aliphatic carboxylic acids is 2. The number of hydrogen-bond acceptors (Lipinski definition) is 3. The summed E-state index contributed by atoms with van der Waals surface area (Å²) in [5.74, 6) is -3.36. The third kappa shape index (κ3) is 4.64. The highest BCUT2D eigenvalue weighted by Crippen LogP contribution is 2.22. The van der Waals surface area contributed by atoms with Crippen LogP contribution in [-0.2, 0) is 9.59 Å². The molecular formula is C11H9Br2NO5. The second-order valence-electron chi connectivity index (χ2n) is 3.59. The number of carbonyl (C=O) groups excluding carboxylic acids is 1. The molecule has 0 aliphatic heterocycles. The fraction of sp³-hybridized carbons (Fsp3) is 0.182. The summed E-state index contributed by atoms with van der Waals surface area (Å²) in [5.41, 5.74) is 0.222. The van der Waals surface area contributed by atoms with Gasteiger partial charge in [-0.25, -0.2) is 4.79 Å². The summed E-state index contributed by atoms with van der Waals surface area (Å²) < 4.78 is 1.22. The van der Waals surface area contributed by atoms with Crippen LogP contribution in [0.15, 0.2) is 27.1 Å². The predicted octanol–water partition coefficient (Wildman–Crippen LogP) is 1.87. The van der Waals surface area contributed by atoms with E-state index in [2.05, 4.69) is 37.2 Å². The zero-order valence-corrected chi connectivity index (χ0v) is 12.6. The van der Waals surface area contributed by atoms with Gasteiger partial charge in [-0.05, 0) is 34.1 Å². The molecule has 102 valence electrons. The number of hydrogen-bond donors (Lipinski definition) is 3. The van der Waals surface area contributed by atoms with Crippen molar-refractivity contribution in [2.24, 2.45) is 0 Å². The number of carboxylic acids is 2. The van der Waals surface area contributed by atoms with E-state index in [1.54, 1.807) is 12.1 Å². The Morgan fingerprint density at radius 1 is 1.21 bits per heavy atom. The van der Waals surface area contributed by atoms with E-state index in [0.717, 1.165) is 4.47 Å². The molecule has 0 spiro atoms. The van der Waals surface area contributed by atoms with Crippen LogP contribution in [0.1, 0.15) is 16.8 Å². The molecular weight excluding hydrogens is 386 g/mol. The quantitative estimate of drug-likeness (QED) is 0.707. The van der Waals surface area contributed by atoms with E-state index in [-0.39, 0.29) is 5.56 Å². The van der Waals surface area contributed by atoms with Crippen LogP contribution >= 0.6 is 31.9 Å². The molecule has 0 radical (unpaired) electrons. The van der Waals surface area contributed by atoms with Crippen LogP contribution in [0.25, 0.3) is 0 Å². The lowest BCUT2D eigenvalue weighted by Gasteiger charge is -2.13. The Bertz CT molecular complexity index is 532. The van der Waals surface area contributed by atoms with Gasteiger partial charge in [0.25, 0.3) is 5.91 Å². The van der Waals surface area contributed by atoms with Gasteiger partial charge in [0, 0.05) is 8.95 Å². The number of carbonyl (C=O) groups is 3. The molecule has 0 aliphatic carbocycles. The first-order valence-corrected chi connectivity index (χ1v) is 6.60. The lowest BCUT2D eigenvalue weighted by atomic mass is 10.1. The van der Waals surface area contributed by atoms with Gasteiger partial charge in [-0.3, -0.25) is 9.59 Å². The first-order valence-electron chi connectivity index (χ1n) is 5.01. The van der Waals surface area contributed by atoms with Gasteiger partial charge in [0.05, 0.1) is 12.0 Å². The number of nitrogens with one attached hydrogen (secondary N) is 1. The molecule has 0 aromatic heterocycles. The number of benzene rings is 1. The van der Waals surface area contributed by atoms with Crippen molar-refractivity contribution in [3.8, 4) is 0 Å². The molecule has 19 heavy (non-hydrogen) atoms. The van der Waals surface area contributed by atoms with Crippen molar-refractivity contribution in [2.75, 3.05) is 0 Å². The molecule has 0 bridgehead atoms. The van der Waals surface area contributed by atoms with Gasteiger partial charge in [-0.1, -0.05) is 15.9 Å². The first kappa shape index (κ1) is 15.6. The Balaban J connectivity index is 2.87. The van der Waals surface area contributed by atoms with Gasteiger partial charge < -0.3 is 15.5 Å². The van der Waals surface area contributed by atoms with Crippen molar-refractivity contribution in [3.63, 3.8) is 0 Å². The minimum atomic E-state index is -1.47. The zero-order valence-electron chi connectivity index (χ0n) is 9.39. The minimum absolute atomic E-state index is 0.222. The summed E-state index contributed by atoms with van der Waals surface area (Å²) in [4.78, 5) is 33.2. The molecule has 0 fully saturated rings. The Labute approximate surface area is 125 Å². The number of amides is 1. The van der Waals surface area contributed by atoms with Crippen LogP contribution in [-0.4, -0.2) is 34.1 Å². The first-order chi connectivity index (χ1) is 8.81. The largest absolute Gasteiger partial charge is 0.481 e. The molecule has 3 N–H and O–H groups in total. The molecule has 1 atom stereocenters. The summed E-state index contributed by atoms with van der Waals surface area (Å²) in [5, 5.41) is 19.6. The summed E-state index contributed by atoms with van der Waals surface area (Å²) in [6.45, 7) is 0. The van der Waals surface area contributed by atoms with Crippen molar-refractivity contribution in [3.05, 3.63) is 32.7 Å². The standard InChI is InChI=1S/C11H9Br2NO5/c12-5-1-2-6(7(13)3-5)10(17)14-8(11(18)19)4-9(15)16/h1-3,8H,4H2,(H,14,17)(H,15,16)(H,18,19)/t8-/m0/s1. The number of carboxylic acid groups (broad SMARTS) is 2. The van der Waals surface area contributed by atoms with Crippen molar-refractivity contribution in [1.82, 2.24) is 5.32 Å². The third-order valence-corrected chi connectivity index (χ3v) is 3.31. The highest BCUT2D eigenvalue weighted by atomic mass is 79.9. The monoisotopic (exact) mass is 393 g/mol. The van der Waals surface area contributed by atoms with E-state index in [9.17, 15) is 14.4 Å². The maximum absolute atomic E-state index is 11.9. The van der Waals surface area contributed by atoms with E-state index in [0.29, 0.717) is 4.47 Å². The van der Waals surface area contributed by atoms with E-state index in [1.807, 2.05) is 0 Å². The van der Waals surface area contributed by atoms with Gasteiger partial charge in [0.15, 0.2) is 0 Å². The Kier molecular flexibility index (Phi) is 5.49. The van der Waals surface area contributed by atoms with Crippen LogP contribution in [0.2, 0.25) is 0 Å². The van der Waals surface area contributed by atoms with Gasteiger partial charge in [-0.2, -0.15) is 0 Å². The van der Waals surface area contributed by atoms with Crippen molar-refractivity contribution in [2.45, 2.75) is 12.5 Å². The molecule has 0 saturated heterocycles. The van der Waals surface area contributed by atoms with Gasteiger partial charge >= 0.3 is 11.9 Å². The normalized spacial score (nSPS) is 11.7. The highest BCUT2D eigenvalue weighted by molar-refractivity contribution is 9.11. The van der Waals surface area contributed by atoms with Gasteiger partial charge in [0.2, 0.25) is 0 Å². The molecule has 6 nitrogen and oxygen atoms in total. The van der Waals surface area contributed by atoms with Gasteiger partial charge in [-0.15, -0.1) is 0 Å². The second-order valence-corrected chi connectivity index (χ2v) is 5.36. The molecule has 0 aliphatic rings. The average Bonchev–Trinajstić information content (AvgIpc) is 2.26. The SMILES string of the molecule is O=C(O)C[C@H](NC(=O)c1ccc(Br)cc1Br)C(=O)O. The second kappa shape index (κ2) is 6.67. The van der Waals surface area contributed by atoms with Crippen LogP contribution in [0.3, 0.4) is 0 Å². The van der Waals surface area contributed by atoms with E-state index in [1.165, 1.54) is 6.07 Å². The summed E-state index contributed by atoms with van der Waals surface area (Å²) in [7, 11) is 0.